The molecule has 0 N–H and O–H groups in total. The molecule has 2 unspecified atom stereocenters. The molecule has 0 bridgehead atoms. The Morgan fingerprint density at radius 3 is 2.40 bits per heavy atom. The Hall–Kier alpha value is -0.380. The molecule has 1 rings (SSSR count). The van der Waals surface area contributed by atoms with E-state index in [1.165, 1.54) is 4.31 Å². The van der Waals surface area contributed by atoms with Gasteiger partial charge in [0.2, 0.25) is 0 Å². The van der Waals surface area contributed by atoms with Crippen molar-refractivity contribution in [2.45, 2.75) is 25.0 Å². The van der Waals surface area contributed by atoms with Crippen molar-refractivity contribution in [3.8, 4) is 0 Å². The normalized spacial score (nSPS) is 39.7. The Labute approximate surface area is 63.0 Å². The Balaban J connectivity index is 2.84. The van der Waals surface area contributed by atoms with Crippen LogP contribution in [0.25, 0.3) is 0 Å². The lowest BCUT2D eigenvalue weighted by Gasteiger charge is -2.41. The molecule has 0 radical (unpaired) electrons. The van der Waals surface area contributed by atoms with Crippen LogP contribution < -0.4 is 0 Å². The minimum Gasteiger partial charge on any atom is -0.272 e. The second kappa shape index (κ2) is 2.05. The van der Waals surface area contributed by atoms with Crippen molar-refractivity contribution in [2.24, 2.45) is 0 Å². The lowest BCUT2D eigenvalue weighted by molar-refractivity contribution is -0.131. The summed E-state index contributed by atoms with van der Waals surface area (Å²) in [6.45, 7) is 3.62. The lowest BCUT2D eigenvalue weighted by atomic mass is 10.1. The van der Waals surface area contributed by atoms with E-state index in [4.69, 9.17) is 0 Å². The van der Waals surface area contributed by atoms with Gasteiger partial charge in [-0.05, 0) is 13.3 Å². The van der Waals surface area contributed by atoms with Gasteiger partial charge in [-0.1, -0.05) is 6.92 Å². The third-order valence-electron chi connectivity index (χ3n) is 2.05. The summed E-state index contributed by atoms with van der Waals surface area (Å²) in [6.07, 6.45) is 0.656. The molecule has 10 heavy (non-hydrogen) atoms. The van der Waals surface area contributed by atoms with E-state index >= 15 is 0 Å². The predicted molar refractivity (Wildman–Crippen MR) is 39.6 cm³/mol. The molecule has 0 aliphatic carbocycles. The number of carbonyl (C=O) groups is 1. The van der Waals surface area contributed by atoms with Crippen LogP contribution >= 0.6 is 0 Å². The summed E-state index contributed by atoms with van der Waals surface area (Å²) in [5.74, 6) is -0.00617. The SMILES string of the molecule is CCC1(C)C(=O)N(C)S1=O. The zero-order valence-corrected chi connectivity index (χ0v) is 7.20. The van der Waals surface area contributed by atoms with Crippen molar-refractivity contribution < 1.29 is 9.00 Å². The highest BCUT2D eigenvalue weighted by Crippen LogP contribution is 2.32. The molecule has 0 aromatic rings. The molecule has 4 heteroatoms. The van der Waals surface area contributed by atoms with E-state index in [1.54, 1.807) is 14.0 Å². The van der Waals surface area contributed by atoms with Crippen molar-refractivity contribution in [3.63, 3.8) is 0 Å². The number of amides is 1. The molecular weight excluding hydrogens is 150 g/mol. The standard InChI is InChI=1S/C6H11NO2S/c1-4-6(2)5(8)7(3)10(6)9/h4H2,1-3H3. The van der Waals surface area contributed by atoms with E-state index in [0.29, 0.717) is 6.42 Å². The van der Waals surface area contributed by atoms with Crippen molar-refractivity contribution in [3.05, 3.63) is 0 Å². The van der Waals surface area contributed by atoms with Crippen LogP contribution in [0, 0.1) is 0 Å². The first-order valence-corrected chi connectivity index (χ1v) is 4.35. The van der Waals surface area contributed by atoms with E-state index in [1.807, 2.05) is 6.92 Å². The molecule has 3 nitrogen and oxygen atoms in total. The Morgan fingerprint density at radius 1 is 1.70 bits per heavy atom. The average Bonchev–Trinajstić information content (AvgIpc) is 2.00. The van der Waals surface area contributed by atoms with Crippen LogP contribution in [-0.4, -0.2) is 26.2 Å². The molecule has 58 valence electrons. The molecule has 0 spiro atoms. The summed E-state index contributed by atoms with van der Waals surface area (Å²) in [5.41, 5.74) is 0. The zero-order chi connectivity index (χ0) is 7.94. The van der Waals surface area contributed by atoms with Crippen molar-refractivity contribution in [1.82, 2.24) is 4.31 Å². The fraction of sp³-hybridized carbons (Fsp3) is 0.833. The van der Waals surface area contributed by atoms with Gasteiger partial charge < -0.3 is 0 Å². The molecule has 0 aromatic heterocycles. The first-order chi connectivity index (χ1) is 4.54. The van der Waals surface area contributed by atoms with Crippen molar-refractivity contribution >= 4 is 16.9 Å². The molecule has 0 saturated carbocycles. The monoisotopic (exact) mass is 161 g/mol. The van der Waals surface area contributed by atoms with Crippen LogP contribution in [-0.2, 0) is 15.8 Å². The summed E-state index contributed by atoms with van der Waals surface area (Å²) >= 11 is 0. The third kappa shape index (κ3) is 0.653. The Kier molecular flexibility index (Phi) is 1.58. The fourth-order valence-corrected chi connectivity index (χ4v) is 2.38. The highest BCUT2D eigenvalue weighted by Gasteiger charge is 2.53. The van der Waals surface area contributed by atoms with Crippen LogP contribution in [0.3, 0.4) is 0 Å². The largest absolute Gasteiger partial charge is 0.272 e. The van der Waals surface area contributed by atoms with Crippen molar-refractivity contribution in [1.29, 1.82) is 0 Å². The third-order valence-corrected chi connectivity index (χ3v) is 3.94. The van der Waals surface area contributed by atoms with Crippen LogP contribution in [0.2, 0.25) is 0 Å². The molecule has 1 aliphatic rings. The minimum absolute atomic E-state index is 0.00617. The first-order valence-electron chi connectivity index (χ1n) is 3.24. The fourth-order valence-electron chi connectivity index (χ4n) is 1.02. The molecule has 1 fully saturated rings. The second-order valence-corrected chi connectivity index (χ2v) is 4.58. The van der Waals surface area contributed by atoms with Gasteiger partial charge in [0.15, 0.2) is 0 Å². The minimum atomic E-state index is -1.09. The number of hydrogen-bond acceptors (Lipinski definition) is 2. The van der Waals surface area contributed by atoms with E-state index < -0.39 is 15.7 Å². The van der Waals surface area contributed by atoms with Gasteiger partial charge in [0.05, 0.1) is 0 Å². The van der Waals surface area contributed by atoms with Gasteiger partial charge in [-0.2, -0.15) is 0 Å². The van der Waals surface area contributed by atoms with Gasteiger partial charge in [-0.25, -0.2) is 4.21 Å². The summed E-state index contributed by atoms with van der Waals surface area (Å²) in [7, 11) is 0.479. The maximum Gasteiger partial charge on any atom is 0.254 e. The number of carbonyl (C=O) groups excluding carboxylic acids is 1. The Bertz CT molecular complexity index is 186. The lowest BCUT2D eigenvalue weighted by Crippen LogP contribution is -2.63. The maximum atomic E-state index is 11.1. The van der Waals surface area contributed by atoms with Gasteiger partial charge in [0, 0.05) is 7.05 Å². The maximum absolute atomic E-state index is 11.1. The predicted octanol–water partition coefficient (Wildman–Crippen LogP) is 0.291. The van der Waals surface area contributed by atoms with Crippen LogP contribution in [0.15, 0.2) is 0 Å². The summed E-state index contributed by atoms with van der Waals surface area (Å²) in [5, 5.41) is 0. The molecular formula is C6H11NO2S. The smallest absolute Gasteiger partial charge is 0.254 e. The van der Waals surface area contributed by atoms with E-state index in [0.717, 1.165) is 0 Å². The summed E-state index contributed by atoms with van der Waals surface area (Å²) in [4.78, 5) is 11.1. The van der Waals surface area contributed by atoms with E-state index in [9.17, 15) is 9.00 Å². The topological polar surface area (TPSA) is 37.4 Å². The van der Waals surface area contributed by atoms with Gasteiger partial charge >= 0.3 is 0 Å². The molecule has 1 heterocycles. The molecule has 0 aromatic carbocycles. The van der Waals surface area contributed by atoms with Crippen LogP contribution in [0.4, 0.5) is 0 Å². The Morgan fingerprint density at radius 2 is 2.20 bits per heavy atom. The number of rotatable bonds is 1. The highest BCUT2D eigenvalue weighted by molar-refractivity contribution is 7.88. The van der Waals surface area contributed by atoms with Gasteiger partial charge in [0.1, 0.15) is 15.7 Å². The van der Waals surface area contributed by atoms with E-state index in [-0.39, 0.29) is 5.91 Å². The van der Waals surface area contributed by atoms with Gasteiger partial charge in [-0.15, -0.1) is 0 Å². The quantitative estimate of drug-likeness (QED) is 0.554. The van der Waals surface area contributed by atoms with Gasteiger partial charge in [0.25, 0.3) is 5.91 Å². The molecule has 2 atom stereocenters. The summed E-state index contributed by atoms with van der Waals surface area (Å²) < 4.78 is 11.8. The number of nitrogens with zero attached hydrogens (tertiary/aromatic N) is 1. The molecule has 1 aliphatic heterocycles. The van der Waals surface area contributed by atoms with Crippen LogP contribution in [0.1, 0.15) is 20.3 Å². The second-order valence-electron chi connectivity index (χ2n) is 2.64. The molecule has 1 amide bonds. The first kappa shape index (κ1) is 7.72. The van der Waals surface area contributed by atoms with Crippen LogP contribution in [0.5, 0.6) is 0 Å². The highest BCUT2D eigenvalue weighted by atomic mass is 32.2. The zero-order valence-electron chi connectivity index (χ0n) is 6.38. The van der Waals surface area contributed by atoms with Crippen molar-refractivity contribution in [2.75, 3.05) is 7.05 Å². The van der Waals surface area contributed by atoms with E-state index in [2.05, 4.69) is 0 Å². The molecule has 1 saturated heterocycles. The number of hydrogen-bond donors (Lipinski definition) is 0. The average molecular weight is 161 g/mol. The van der Waals surface area contributed by atoms with Gasteiger partial charge in [-0.3, -0.25) is 9.10 Å². The summed E-state index contributed by atoms with van der Waals surface area (Å²) in [6, 6.07) is 0.